The summed E-state index contributed by atoms with van der Waals surface area (Å²) in [5.41, 5.74) is 0.743. The predicted octanol–water partition coefficient (Wildman–Crippen LogP) is 4.14. The van der Waals surface area contributed by atoms with Crippen LogP contribution < -0.4 is 0 Å². The lowest BCUT2D eigenvalue weighted by Gasteiger charge is -2.21. The Kier molecular flexibility index (Phi) is 5.54. The van der Waals surface area contributed by atoms with Gasteiger partial charge in [0, 0.05) is 0 Å². The standard InChI is InChI=1S/C16H21O4P/c1-3-19-21(18,20-4-2)12-16(17)15-11-7-9-13-8-5-6-10-14(13)15/h5-11,16-17H,3-4,12H2,1-2H3. The van der Waals surface area contributed by atoms with Crippen molar-refractivity contribution in [2.45, 2.75) is 20.0 Å². The molecular formula is C16H21O4P. The Labute approximate surface area is 125 Å². The minimum atomic E-state index is -3.27. The number of benzene rings is 2. The zero-order valence-electron chi connectivity index (χ0n) is 12.4. The third kappa shape index (κ3) is 3.92. The van der Waals surface area contributed by atoms with E-state index < -0.39 is 13.7 Å². The van der Waals surface area contributed by atoms with Gasteiger partial charge in [-0.05, 0) is 30.2 Å². The van der Waals surface area contributed by atoms with Gasteiger partial charge in [-0.3, -0.25) is 4.57 Å². The summed E-state index contributed by atoms with van der Waals surface area (Å²) in [6.07, 6.45) is -0.928. The van der Waals surface area contributed by atoms with Crippen LogP contribution in [0.15, 0.2) is 42.5 Å². The molecule has 0 bridgehead atoms. The summed E-state index contributed by atoms with van der Waals surface area (Å²) in [6.45, 7) is 4.10. The molecule has 0 aliphatic rings. The fourth-order valence-corrected chi connectivity index (χ4v) is 4.08. The zero-order valence-corrected chi connectivity index (χ0v) is 13.3. The van der Waals surface area contributed by atoms with E-state index in [2.05, 4.69) is 0 Å². The monoisotopic (exact) mass is 308 g/mol. The lowest BCUT2D eigenvalue weighted by molar-refractivity contribution is 0.171. The van der Waals surface area contributed by atoms with Gasteiger partial charge in [-0.25, -0.2) is 0 Å². The number of aliphatic hydroxyl groups excluding tert-OH is 1. The van der Waals surface area contributed by atoms with Crippen LogP contribution in [0, 0.1) is 0 Å². The van der Waals surface area contributed by atoms with Crippen molar-refractivity contribution in [1.82, 2.24) is 0 Å². The third-order valence-electron chi connectivity index (χ3n) is 3.23. The largest absolute Gasteiger partial charge is 0.388 e. The van der Waals surface area contributed by atoms with Crippen molar-refractivity contribution in [2.24, 2.45) is 0 Å². The maximum Gasteiger partial charge on any atom is 0.333 e. The Balaban J connectivity index is 2.29. The summed E-state index contributed by atoms with van der Waals surface area (Å²) in [5, 5.41) is 12.5. The molecule has 21 heavy (non-hydrogen) atoms. The molecule has 0 aromatic heterocycles. The van der Waals surface area contributed by atoms with E-state index in [-0.39, 0.29) is 6.16 Å². The Morgan fingerprint density at radius 2 is 1.67 bits per heavy atom. The van der Waals surface area contributed by atoms with Gasteiger partial charge in [0.1, 0.15) is 0 Å². The number of rotatable bonds is 7. The van der Waals surface area contributed by atoms with Crippen molar-refractivity contribution in [3.8, 4) is 0 Å². The molecule has 0 aliphatic carbocycles. The maximum absolute atomic E-state index is 12.5. The maximum atomic E-state index is 12.5. The number of hydrogen-bond acceptors (Lipinski definition) is 4. The van der Waals surface area contributed by atoms with Crippen LogP contribution in [-0.4, -0.2) is 24.5 Å². The van der Waals surface area contributed by atoms with Gasteiger partial charge in [0.05, 0.1) is 25.5 Å². The Hall–Kier alpha value is -1.19. The van der Waals surface area contributed by atoms with Crippen molar-refractivity contribution in [2.75, 3.05) is 19.4 Å². The highest BCUT2D eigenvalue weighted by atomic mass is 31.2. The smallest absolute Gasteiger partial charge is 0.333 e. The average Bonchev–Trinajstić information content (AvgIpc) is 2.46. The van der Waals surface area contributed by atoms with Crippen molar-refractivity contribution < 1.29 is 18.7 Å². The third-order valence-corrected chi connectivity index (χ3v) is 5.33. The van der Waals surface area contributed by atoms with E-state index in [1.165, 1.54) is 0 Å². The first-order valence-electron chi connectivity index (χ1n) is 7.13. The normalized spacial score (nSPS) is 13.5. The van der Waals surface area contributed by atoms with Crippen LogP contribution in [0.25, 0.3) is 10.8 Å². The van der Waals surface area contributed by atoms with Gasteiger partial charge in [0.2, 0.25) is 0 Å². The van der Waals surface area contributed by atoms with E-state index in [9.17, 15) is 9.67 Å². The van der Waals surface area contributed by atoms with Crippen molar-refractivity contribution >= 4 is 18.4 Å². The second kappa shape index (κ2) is 7.19. The molecule has 0 saturated carbocycles. The topological polar surface area (TPSA) is 55.8 Å². The lowest BCUT2D eigenvalue weighted by Crippen LogP contribution is -2.09. The quantitative estimate of drug-likeness (QED) is 0.781. The molecule has 1 N–H and O–H groups in total. The summed E-state index contributed by atoms with van der Waals surface area (Å²) in [7, 11) is -3.27. The van der Waals surface area contributed by atoms with E-state index in [4.69, 9.17) is 9.05 Å². The van der Waals surface area contributed by atoms with Gasteiger partial charge in [-0.2, -0.15) is 0 Å². The Bertz CT molecular complexity index is 626. The van der Waals surface area contributed by atoms with Crippen molar-refractivity contribution in [3.05, 3.63) is 48.0 Å². The Morgan fingerprint density at radius 3 is 2.33 bits per heavy atom. The van der Waals surface area contributed by atoms with Gasteiger partial charge >= 0.3 is 7.60 Å². The fourth-order valence-electron chi connectivity index (χ4n) is 2.39. The first kappa shape index (κ1) is 16.2. The molecule has 114 valence electrons. The van der Waals surface area contributed by atoms with Crippen LogP contribution >= 0.6 is 7.60 Å². The van der Waals surface area contributed by atoms with Gasteiger partial charge in [-0.1, -0.05) is 42.5 Å². The molecule has 0 heterocycles. The van der Waals surface area contributed by atoms with E-state index >= 15 is 0 Å². The molecule has 1 unspecified atom stereocenters. The minimum absolute atomic E-state index is 0.0390. The number of aliphatic hydroxyl groups is 1. The summed E-state index contributed by atoms with van der Waals surface area (Å²) in [6, 6.07) is 13.5. The second-order valence-electron chi connectivity index (χ2n) is 4.71. The molecule has 2 aromatic rings. The predicted molar refractivity (Wildman–Crippen MR) is 84.6 cm³/mol. The summed E-state index contributed by atoms with van der Waals surface area (Å²) in [5.74, 6) is 0. The van der Waals surface area contributed by atoms with Crippen LogP contribution in [0.5, 0.6) is 0 Å². The van der Waals surface area contributed by atoms with Crippen LogP contribution in [0.2, 0.25) is 0 Å². The molecule has 0 spiro atoms. The highest BCUT2D eigenvalue weighted by Gasteiger charge is 2.28. The summed E-state index contributed by atoms with van der Waals surface area (Å²) in [4.78, 5) is 0. The van der Waals surface area contributed by atoms with Crippen LogP contribution in [0.1, 0.15) is 25.5 Å². The second-order valence-corrected chi connectivity index (χ2v) is 6.82. The molecule has 1 atom stereocenters. The molecule has 2 aromatic carbocycles. The van der Waals surface area contributed by atoms with Gasteiger partial charge in [-0.15, -0.1) is 0 Å². The van der Waals surface area contributed by atoms with Gasteiger partial charge < -0.3 is 14.2 Å². The highest BCUT2D eigenvalue weighted by Crippen LogP contribution is 2.51. The van der Waals surface area contributed by atoms with Gasteiger partial charge in [0.25, 0.3) is 0 Å². The van der Waals surface area contributed by atoms with Crippen molar-refractivity contribution in [3.63, 3.8) is 0 Å². The fraction of sp³-hybridized carbons (Fsp3) is 0.375. The molecule has 0 fully saturated rings. The zero-order chi connectivity index (χ0) is 15.3. The van der Waals surface area contributed by atoms with E-state index in [0.29, 0.717) is 13.2 Å². The van der Waals surface area contributed by atoms with Crippen LogP contribution in [0.3, 0.4) is 0 Å². The van der Waals surface area contributed by atoms with E-state index in [1.54, 1.807) is 13.8 Å². The van der Waals surface area contributed by atoms with E-state index in [0.717, 1.165) is 16.3 Å². The SMILES string of the molecule is CCOP(=O)(CC(O)c1cccc2ccccc12)OCC. The van der Waals surface area contributed by atoms with E-state index in [1.807, 2.05) is 42.5 Å². The average molecular weight is 308 g/mol. The first-order chi connectivity index (χ1) is 10.1. The molecule has 0 amide bonds. The van der Waals surface area contributed by atoms with Crippen LogP contribution in [0.4, 0.5) is 0 Å². The summed E-state index contributed by atoms with van der Waals surface area (Å²) >= 11 is 0. The molecule has 2 rings (SSSR count). The van der Waals surface area contributed by atoms with Crippen molar-refractivity contribution in [1.29, 1.82) is 0 Å². The molecular weight excluding hydrogens is 287 g/mol. The molecule has 0 aliphatic heterocycles. The molecule has 0 saturated heterocycles. The minimum Gasteiger partial charge on any atom is -0.388 e. The van der Waals surface area contributed by atoms with Gasteiger partial charge in [0.15, 0.2) is 0 Å². The molecule has 0 radical (unpaired) electrons. The highest BCUT2D eigenvalue weighted by molar-refractivity contribution is 7.53. The first-order valence-corrected chi connectivity index (χ1v) is 8.86. The lowest BCUT2D eigenvalue weighted by atomic mass is 10.0. The molecule has 5 heteroatoms. The number of hydrogen-bond donors (Lipinski definition) is 1. The molecule has 4 nitrogen and oxygen atoms in total. The number of fused-ring (bicyclic) bond motifs is 1. The summed E-state index contributed by atoms with van der Waals surface area (Å²) < 4.78 is 23.0. The Morgan fingerprint density at radius 1 is 1.05 bits per heavy atom. The van der Waals surface area contributed by atoms with Crippen LogP contribution in [-0.2, 0) is 13.6 Å².